The van der Waals surface area contributed by atoms with E-state index in [9.17, 15) is 13.2 Å². The first kappa shape index (κ1) is 20.1. The van der Waals surface area contributed by atoms with Crippen molar-refractivity contribution in [3.8, 4) is 0 Å². The van der Waals surface area contributed by atoms with E-state index >= 15 is 0 Å². The van der Waals surface area contributed by atoms with E-state index < -0.39 is 12.8 Å². The summed E-state index contributed by atoms with van der Waals surface area (Å²) in [5.74, 6) is 0.736. The predicted molar refractivity (Wildman–Crippen MR) is 76.2 cm³/mol. The standard InChI is InChI=1S/C10H20F3N3O.HI/c1-8(2)6-16-9(14)15-4-3-5-17-7-10(11,12)13;/h8H,3-7H2,1-2H3,(H3,14,15,16);1H. The molecule has 0 heterocycles. The van der Waals surface area contributed by atoms with Crippen LogP contribution in [0.1, 0.15) is 20.3 Å². The predicted octanol–water partition coefficient (Wildman–Crippen LogP) is 2.13. The van der Waals surface area contributed by atoms with Gasteiger partial charge in [-0.2, -0.15) is 13.2 Å². The number of hydrogen-bond acceptors (Lipinski definition) is 2. The van der Waals surface area contributed by atoms with Crippen LogP contribution in [0.4, 0.5) is 13.2 Å². The molecule has 0 spiro atoms. The third-order valence-electron chi connectivity index (χ3n) is 1.66. The maximum Gasteiger partial charge on any atom is 0.411 e. The van der Waals surface area contributed by atoms with Crippen molar-refractivity contribution in [3.05, 3.63) is 0 Å². The molecule has 8 heteroatoms. The Balaban J connectivity index is 0. The van der Waals surface area contributed by atoms with Crippen molar-refractivity contribution in [1.82, 2.24) is 5.32 Å². The molecule has 0 saturated carbocycles. The molecule has 110 valence electrons. The van der Waals surface area contributed by atoms with Gasteiger partial charge in [0, 0.05) is 19.7 Å². The summed E-state index contributed by atoms with van der Waals surface area (Å²) < 4.78 is 39.5. The van der Waals surface area contributed by atoms with Crippen molar-refractivity contribution >= 4 is 29.9 Å². The Hall–Kier alpha value is -0.250. The Labute approximate surface area is 123 Å². The maximum atomic E-state index is 11.7. The highest BCUT2D eigenvalue weighted by Crippen LogP contribution is 2.14. The first-order chi connectivity index (χ1) is 7.81. The number of nitrogens with zero attached hydrogens (tertiary/aromatic N) is 1. The number of nitrogens with two attached hydrogens (primary N) is 1. The highest BCUT2D eigenvalue weighted by atomic mass is 127. The first-order valence-electron chi connectivity index (χ1n) is 5.49. The number of guanidine groups is 1. The molecular weight excluding hydrogens is 362 g/mol. The smallest absolute Gasteiger partial charge is 0.372 e. The minimum Gasteiger partial charge on any atom is -0.372 e. The lowest BCUT2D eigenvalue weighted by Crippen LogP contribution is -2.33. The maximum absolute atomic E-state index is 11.7. The van der Waals surface area contributed by atoms with Gasteiger partial charge in [-0.3, -0.25) is 4.99 Å². The number of alkyl halides is 3. The molecule has 0 fully saturated rings. The third-order valence-corrected chi connectivity index (χ3v) is 1.66. The average Bonchev–Trinajstić information content (AvgIpc) is 2.18. The van der Waals surface area contributed by atoms with E-state index in [1.54, 1.807) is 0 Å². The lowest BCUT2D eigenvalue weighted by molar-refractivity contribution is -0.173. The van der Waals surface area contributed by atoms with Crippen LogP contribution in [0.5, 0.6) is 0 Å². The molecular formula is C10H21F3IN3O. The third kappa shape index (κ3) is 15.8. The fourth-order valence-corrected chi connectivity index (χ4v) is 0.915. The Morgan fingerprint density at radius 3 is 2.50 bits per heavy atom. The van der Waals surface area contributed by atoms with Crippen molar-refractivity contribution in [2.24, 2.45) is 16.6 Å². The van der Waals surface area contributed by atoms with Crippen molar-refractivity contribution in [3.63, 3.8) is 0 Å². The van der Waals surface area contributed by atoms with Gasteiger partial charge in [0.2, 0.25) is 0 Å². The molecule has 18 heavy (non-hydrogen) atoms. The van der Waals surface area contributed by atoms with Gasteiger partial charge in [-0.1, -0.05) is 13.8 Å². The van der Waals surface area contributed by atoms with Crippen LogP contribution in [0.2, 0.25) is 0 Å². The molecule has 0 aromatic heterocycles. The minimum atomic E-state index is -4.26. The highest BCUT2D eigenvalue weighted by molar-refractivity contribution is 14.0. The quantitative estimate of drug-likeness (QED) is 0.307. The second kappa shape index (κ2) is 10.7. The topological polar surface area (TPSA) is 59.6 Å². The van der Waals surface area contributed by atoms with Crippen molar-refractivity contribution in [2.45, 2.75) is 26.4 Å². The van der Waals surface area contributed by atoms with Crippen LogP contribution in [0.15, 0.2) is 4.99 Å². The first-order valence-corrected chi connectivity index (χ1v) is 5.49. The van der Waals surface area contributed by atoms with Gasteiger partial charge in [-0.05, 0) is 12.3 Å². The zero-order chi connectivity index (χ0) is 13.3. The fraction of sp³-hybridized carbons (Fsp3) is 0.900. The molecule has 0 rings (SSSR count). The number of aliphatic imine (C=N–C) groups is 1. The number of hydrogen-bond donors (Lipinski definition) is 2. The van der Waals surface area contributed by atoms with Crippen LogP contribution in [0.25, 0.3) is 0 Å². The van der Waals surface area contributed by atoms with Gasteiger partial charge in [0.05, 0.1) is 0 Å². The van der Waals surface area contributed by atoms with E-state index in [-0.39, 0.29) is 30.6 Å². The zero-order valence-corrected chi connectivity index (χ0v) is 12.9. The summed E-state index contributed by atoms with van der Waals surface area (Å²) in [6.45, 7) is 3.95. The van der Waals surface area contributed by atoms with Gasteiger partial charge in [-0.25, -0.2) is 0 Å². The molecule has 0 aliphatic heterocycles. The highest BCUT2D eigenvalue weighted by Gasteiger charge is 2.27. The Kier molecular flexibility index (Phi) is 11.9. The van der Waals surface area contributed by atoms with Crippen molar-refractivity contribution < 1.29 is 17.9 Å². The van der Waals surface area contributed by atoms with Gasteiger partial charge in [0.25, 0.3) is 0 Å². The Morgan fingerprint density at radius 2 is 2.00 bits per heavy atom. The summed E-state index contributed by atoms with van der Waals surface area (Å²) in [7, 11) is 0. The number of nitrogens with one attached hydrogen (secondary N) is 1. The van der Waals surface area contributed by atoms with Gasteiger partial charge in [0.15, 0.2) is 5.96 Å². The lowest BCUT2D eigenvalue weighted by atomic mass is 10.2. The summed E-state index contributed by atoms with van der Waals surface area (Å²) in [5.41, 5.74) is 5.52. The van der Waals surface area contributed by atoms with Crippen LogP contribution < -0.4 is 11.1 Å². The molecule has 0 radical (unpaired) electrons. The Bertz CT molecular complexity index is 235. The largest absolute Gasteiger partial charge is 0.411 e. The summed E-state index contributed by atoms with van der Waals surface area (Å²) in [6.07, 6.45) is -3.81. The summed E-state index contributed by atoms with van der Waals surface area (Å²) in [6, 6.07) is 0. The molecule has 0 aliphatic rings. The second-order valence-corrected chi connectivity index (χ2v) is 4.07. The fourth-order valence-electron chi connectivity index (χ4n) is 0.915. The van der Waals surface area contributed by atoms with Gasteiger partial charge in [-0.15, -0.1) is 24.0 Å². The van der Waals surface area contributed by atoms with Crippen LogP contribution in [0.3, 0.4) is 0 Å². The van der Waals surface area contributed by atoms with Gasteiger partial charge in [0.1, 0.15) is 6.61 Å². The molecule has 0 amide bonds. The summed E-state index contributed by atoms with van der Waals surface area (Å²) in [5, 5.41) is 2.80. The molecule has 0 aliphatic carbocycles. The van der Waals surface area contributed by atoms with Gasteiger partial charge >= 0.3 is 6.18 Å². The summed E-state index contributed by atoms with van der Waals surface area (Å²) >= 11 is 0. The van der Waals surface area contributed by atoms with Crippen molar-refractivity contribution in [2.75, 3.05) is 26.3 Å². The molecule has 0 unspecified atom stereocenters. The van der Waals surface area contributed by atoms with Crippen LogP contribution in [0, 0.1) is 5.92 Å². The zero-order valence-electron chi connectivity index (χ0n) is 10.6. The number of halogens is 4. The minimum absolute atomic E-state index is 0. The van der Waals surface area contributed by atoms with E-state index in [1.165, 1.54) is 0 Å². The number of ether oxygens (including phenoxy) is 1. The van der Waals surface area contributed by atoms with E-state index in [0.29, 0.717) is 31.4 Å². The lowest BCUT2D eigenvalue weighted by Gasteiger charge is -2.08. The molecule has 0 aromatic rings. The monoisotopic (exact) mass is 383 g/mol. The molecule has 0 atom stereocenters. The molecule has 3 N–H and O–H groups in total. The van der Waals surface area contributed by atoms with E-state index in [4.69, 9.17) is 5.73 Å². The Morgan fingerprint density at radius 1 is 1.39 bits per heavy atom. The molecule has 0 aromatic carbocycles. The van der Waals surface area contributed by atoms with E-state index in [2.05, 4.69) is 15.0 Å². The second-order valence-electron chi connectivity index (χ2n) is 4.07. The average molecular weight is 383 g/mol. The normalized spacial score (nSPS) is 12.4. The molecule has 0 saturated heterocycles. The van der Waals surface area contributed by atoms with Crippen LogP contribution in [-0.2, 0) is 4.74 Å². The molecule has 4 nitrogen and oxygen atoms in total. The van der Waals surface area contributed by atoms with Crippen LogP contribution in [-0.4, -0.2) is 38.4 Å². The van der Waals surface area contributed by atoms with Crippen LogP contribution >= 0.6 is 24.0 Å². The van der Waals surface area contributed by atoms with E-state index in [1.807, 2.05) is 13.8 Å². The molecule has 0 bridgehead atoms. The number of rotatable bonds is 7. The van der Waals surface area contributed by atoms with Crippen molar-refractivity contribution in [1.29, 1.82) is 0 Å². The summed E-state index contributed by atoms with van der Waals surface area (Å²) in [4.78, 5) is 4.04. The SMILES string of the molecule is CC(C)CN=C(N)NCCCOCC(F)(F)F.I. The van der Waals surface area contributed by atoms with E-state index in [0.717, 1.165) is 0 Å². The van der Waals surface area contributed by atoms with Gasteiger partial charge < -0.3 is 15.8 Å².